The maximum atomic E-state index is 13.4. The van der Waals surface area contributed by atoms with Gasteiger partial charge in [-0.1, -0.05) is 60.1 Å². The lowest BCUT2D eigenvalue weighted by Gasteiger charge is -2.28. The van der Waals surface area contributed by atoms with Crippen molar-refractivity contribution in [3.63, 3.8) is 0 Å². The van der Waals surface area contributed by atoms with Gasteiger partial charge in [-0.05, 0) is 36.8 Å². The van der Waals surface area contributed by atoms with Gasteiger partial charge in [0.05, 0.1) is 10.6 Å². The monoisotopic (exact) mass is 442 g/mol. The first kappa shape index (κ1) is 20.0. The predicted octanol–water partition coefficient (Wildman–Crippen LogP) is 4.92. The Morgan fingerprint density at radius 1 is 1.03 bits per heavy atom. The van der Waals surface area contributed by atoms with Crippen molar-refractivity contribution in [2.45, 2.75) is 13.0 Å². The van der Waals surface area contributed by atoms with Crippen LogP contribution in [0.2, 0.25) is 5.02 Å². The van der Waals surface area contributed by atoms with E-state index in [1.807, 2.05) is 61.5 Å². The molecule has 0 saturated heterocycles. The molecule has 0 saturated carbocycles. The number of anilines is 2. The molecule has 4 aromatic rings. The minimum absolute atomic E-state index is 0.261. The lowest BCUT2D eigenvalue weighted by atomic mass is 9.95. The number of rotatable bonds is 4. The van der Waals surface area contributed by atoms with E-state index in [-0.39, 0.29) is 5.91 Å². The second kappa shape index (κ2) is 8.28. The molecule has 32 heavy (non-hydrogen) atoms. The van der Waals surface area contributed by atoms with Crippen LogP contribution in [0.15, 0.2) is 90.3 Å². The minimum Gasteiger partial charge on any atom is -0.328 e. The minimum atomic E-state index is -0.472. The second-order valence-electron chi connectivity index (χ2n) is 7.33. The number of halogens is 1. The molecule has 1 atom stereocenters. The van der Waals surface area contributed by atoms with Crippen molar-refractivity contribution >= 4 is 29.3 Å². The highest BCUT2D eigenvalue weighted by molar-refractivity contribution is 6.33. The highest BCUT2D eigenvalue weighted by Gasteiger charge is 2.34. The lowest BCUT2D eigenvalue weighted by molar-refractivity contribution is -0.113. The van der Waals surface area contributed by atoms with Crippen LogP contribution in [0.25, 0.3) is 11.4 Å². The van der Waals surface area contributed by atoms with Crippen molar-refractivity contribution in [1.29, 1.82) is 0 Å². The van der Waals surface area contributed by atoms with Crippen LogP contribution in [0, 0.1) is 0 Å². The fraction of sp³-hybridized carbons (Fsp3) is 0.0833. The number of carbonyl (C=O) groups is 1. The lowest BCUT2D eigenvalue weighted by Crippen LogP contribution is -2.31. The fourth-order valence-electron chi connectivity index (χ4n) is 3.77. The zero-order chi connectivity index (χ0) is 22.1. The van der Waals surface area contributed by atoms with E-state index in [1.54, 1.807) is 29.1 Å². The van der Waals surface area contributed by atoms with Crippen LogP contribution in [0.3, 0.4) is 0 Å². The number of carbonyl (C=O) groups excluding carboxylic acids is 1. The quantitative estimate of drug-likeness (QED) is 0.468. The number of nitrogens with one attached hydrogen (secondary N) is 2. The van der Waals surface area contributed by atoms with E-state index in [0.29, 0.717) is 33.9 Å². The molecule has 1 aliphatic rings. The number of pyridine rings is 1. The van der Waals surface area contributed by atoms with E-state index in [0.717, 1.165) is 11.1 Å². The molecule has 0 fully saturated rings. The summed E-state index contributed by atoms with van der Waals surface area (Å²) in [6.45, 7) is 1.86. The third-order valence-electron chi connectivity index (χ3n) is 5.23. The zero-order valence-electron chi connectivity index (χ0n) is 17.2. The molecule has 158 valence electrons. The molecule has 0 spiro atoms. The summed E-state index contributed by atoms with van der Waals surface area (Å²) in [6.07, 6.45) is 1.63. The van der Waals surface area contributed by atoms with Gasteiger partial charge in [0.2, 0.25) is 5.95 Å². The first-order valence-electron chi connectivity index (χ1n) is 10.1. The fourth-order valence-corrected chi connectivity index (χ4v) is 3.99. The van der Waals surface area contributed by atoms with Gasteiger partial charge < -0.3 is 10.6 Å². The Bertz CT molecular complexity index is 1320. The summed E-state index contributed by atoms with van der Waals surface area (Å²) in [4.78, 5) is 22.2. The number of amides is 1. The molecule has 1 amide bonds. The normalized spacial score (nSPS) is 15.1. The predicted molar refractivity (Wildman–Crippen MR) is 124 cm³/mol. The maximum absolute atomic E-state index is 13.4. The van der Waals surface area contributed by atoms with Crippen LogP contribution in [-0.4, -0.2) is 25.7 Å². The molecular weight excluding hydrogens is 424 g/mol. The molecule has 7 nitrogen and oxygen atoms in total. The zero-order valence-corrected chi connectivity index (χ0v) is 17.9. The Hall–Kier alpha value is -3.97. The van der Waals surface area contributed by atoms with E-state index in [9.17, 15) is 4.79 Å². The third kappa shape index (κ3) is 3.63. The molecule has 0 radical (unpaired) electrons. The van der Waals surface area contributed by atoms with Gasteiger partial charge in [0, 0.05) is 17.5 Å². The van der Waals surface area contributed by atoms with E-state index < -0.39 is 6.04 Å². The summed E-state index contributed by atoms with van der Waals surface area (Å²) < 4.78 is 1.73. The summed E-state index contributed by atoms with van der Waals surface area (Å²) in [6, 6.07) is 22.1. The number of aromatic nitrogens is 4. The average molecular weight is 443 g/mol. The van der Waals surface area contributed by atoms with Crippen molar-refractivity contribution in [3.8, 4) is 11.4 Å². The van der Waals surface area contributed by atoms with Gasteiger partial charge in [-0.3, -0.25) is 4.79 Å². The molecule has 3 heterocycles. The maximum Gasteiger partial charge on any atom is 0.257 e. The van der Waals surface area contributed by atoms with E-state index >= 15 is 0 Å². The van der Waals surface area contributed by atoms with E-state index in [2.05, 4.69) is 20.6 Å². The highest BCUT2D eigenvalue weighted by atomic mass is 35.5. The largest absolute Gasteiger partial charge is 0.328 e. The van der Waals surface area contributed by atoms with Gasteiger partial charge in [0.1, 0.15) is 11.9 Å². The number of fused-ring (bicyclic) bond motifs is 1. The number of hydrogen-bond donors (Lipinski definition) is 2. The van der Waals surface area contributed by atoms with Crippen LogP contribution in [0.4, 0.5) is 11.8 Å². The number of nitrogens with zero attached hydrogens (tertiary/aromatic N) is 4. The molecule has 1 unspecified atom stereocenters. The average Bonchev–Trinajstić information content (AvgIpc) is 3.23. The van der Waals surface area contributed by atoms with Crippen molar-refractivity contribution in [2.75, 3.05) is 10.6 Å². The van der Waals surface area contributed by atoms with Gasteiger partial charge in [0.25, 0.3) is 5.91 Å². The molecule has 5 rings (SSSR count). The summed E-state index contributed by atoms with van der Waals surface area (Å²) in [5, 5.41) is 11.4. The SMILES string of the molecule is CC1=C(C(=O)Nc2ccccn2)C(c2ccccc2)n2nc(-c3ccccc3Cl)nc2N1. The van der Waals surface area contributed by atoms with Crippen molar-refractivity contribution in [2.24, 2.45) is 0 Å². The molecule has 8 heteroatoms. The first-order valence-corrected chi connectivity index (χ1v) is 10.5. The van der Waals surface area contributed by atoms with Crippen molar-refractivity contribution in [3.05, 3.63) is 101 Å². The van der Waals surface area contributed by atoms with Crippen LogP contribution in [0.1, 0.15) is 18.5 Å². The molecule has 2 aromatic carbocycles. The van der Waals surface area contributed by atoms with Crippen LogP contribution < -0.4 is 10.6 Å². The number of hydrogen-bond acceptors (Lipinski definition) is 5. The van der Waals surface area contributed by atoms with Crippen molar-refractivity contribution < 1.29 is 4.79 Å². The van der Waals surface area contributed by atoms with E-state index in [1.165, 1.54) is 0 Å². The van der Waals surface area contributed by atoms with Crippen LogP contribution in [0.5, 0.6) is 0 Å². The third-order valence-corrected chi connectivity index (χ3v) is 5.56. The first-order chi connectivity index (χ1) is 15.6. The number of allylic oxidation sites excluding steroid dienone is 1. The molecule has 1 aliphatic heterocycles. The summed E-state index contributed by atoms with van der Waals surface area (Å²) in [5.74, 6) is 1.24. The molecule has 0 bridgehead atoms. The second-order valence-corrected chi connectivity index (χ2v) is 7.74. The highest BCUT2D eigenvalue weighted by Crippen LogP contribution is 2.37. The summed E-state index contributed by atoms with van der Waals surface area (Å²) in [7, 11) is 0. The van der Waals surface area contributed by atoms with Gasteiger partial charge in [-0.15, -0.1) is 5.10 Å². The number of benzene rings is 2. The Kier molecular flexibility index (Phi) is 5.17. The van der Waals surface area contributed by atoms with Gasteiger partial charge in [-0.25, -0.2) is 9.67 Å². The summed E-state index contributed by atoms with van der Waals surface area (Å²) >= 11 is 6.38. The van der Waals surface area contributed by atoms with Gasteiger partial charge in [0.15, 0.2) is 5.82 Å². The van der Waals surface area contributed by atoms with Gasteiger partial charge >= 0.3 is 0 Å². The Morgan fingerprint density at radius 3 is 2.53 bits per heavy atom. The smallest absolute Gasteiger partial charge is 0.257 e. The Labute approximate surface area is 189 Å². The summed E-state index contributed by atoms with van der Waals surface area (Å²) in [5.41, 5.74) is 2.86. The molecular formula is C24H19ClN6O. The van der Waals surface area contributed by atoms with Crippen LogP contribution in [-0.2, 0) is 4.79 Å². The van der Waals surface area contributed by atoms with Gasteiger partial charge in [-0.2, -0.15) is 4.98 Å². The standard InChI is InChI=1S/C24H19ClN6O/c1-15-20(23(32)28-19-13-7-8-14-26-19)21(16-9-3-2-4-10-16)31-24(27-15)29-22(30-31)17-11-5-6-12-18(17)25/h2-14,21H,1H3,(H,26,28,32)(H,27,29,30). The van der Waals surface area contributed by atoms with Crippen LogP contribution >= 0.6 is 11.6 Å². The Balaban J connectivity index is 1.61. The topological polar surface area (TPSA) is 84.7 Å². The molecule has 0 aliphatic carbocycles. The molecule has 2 N–H and O–H groups in total. The van der Waals surface area contributed by atoms with E-state index in [4.69, 9.17) is 16.7 Å². The molecule has 2 aromatic heterocycles. The Morgan fingerprint density at radius 2 is 1.78 bits per heavy atom. The van der Waals surface area contributed by atoms with Crippen molar-refractivity contribution in [1.82, 2.24) is 19.7 Å².